The normalized spacial score (nSPS) is 10.5. The van der Waals surface area contributed by atoms with Crippen LogP contribution in [0.5, 0.6) is 0 Å². The molecule has 11 heavy (non-hydrogen) atoms. The fraction of sp³-hybridized carbons (Fsp3) is 0. The van der Waals surface area contributed by atoms with Crippen molar-refractivity contribution in [3.8, 4) is 0 Å². The SMILES string of the molecule is C=C/C=C(\C(=C)O)C(=O)NN. The monoisotopic (exact) mass is 154 g/mol. The lowest BCUT2D eigenvalue weighted by molar-refractivity contribution is -0.117. The van der Waals surface area contributed by atoms with Gasteiger partial charge < -0.3 is 5.11 Å². The quantitative estimate of drug-likeness (QED) is 0.135. The highest BCUT2D eigenvalue weighted by atomic mass is 16.3. The molecule has 1 amide bonds. The highest BCUT2D eigenvalue weighted by Gasteiger charge is 2.08. The maximum Gasteiger partial charge on any atom is 0.268 e. The first-order valence-electron chi connectivity index (χ1n) is 2.85. The predicted molar refractivity (Wildman–Crippen MR) is 42.4 cm³/mol. The molecule has 0 aliphatic carbocycles. The average Bonchev–Trinajstić information content (AvgIpc) is 1.98. The molecule has 4 N–H and O–H groups in total. The second kappa shape index (κ2) is 4.29. The molecule has 0 aromatic rings. The zero-order valence-corrected chi connectivity index (χ0v) is 6.00. The van der Waals surface area contributed by atoms with E-state index >= 15 is 0 Å². The molecule has 0 saturated heterocycles. The standard InChI is InChI=1S/C7H10N2O2/c1-3-4-6(5(2)10)7(11)9-8/h3-4,10H,1-2,8H2,(H,9,11)/b6-4+. The Bertz CT molecular complexity index is 218. The lowest BCUT2D eigenvalue weighted by Crippen LogP contribution is -2.31. The largest absolute Gasteiger partial charge is 0.508 e. The van der Waals surface area contributed by atoms with Crippen molar-refractivity contribution < 1.29 is 9.90 Å². The number of rotatable bonds is 3. The van der Waals surface area contributed by atoms with Crippen LogP contribution in [0.4, 0.5) is 0 Å². The summed E-state index contributed by atoms with van der Waals surface area (Å²) in [6, 6.07) is 0. The summed E-state index contributed by atoms with van der Waals surface area (Å²) in [5.74, 6) is 3.87. The van der Waals surface area contributed by atoms with Gasteiger partial charge in [-0.2, -0.15) is 0 Å². The van der Waals surface area contributed by atoms with Crippen molar-refractivity contribution >= 4 is 5.91 Å². The molecule has 0 aliphatic rings. The van der Waals surface area contributed by atoms with Gasteiger partial charge in [-0.15, -0.1) is 0 Å². The van der Waals surface area contributed by atoms with Gasteiger partial charge in [-0.05, 0) is 6.08 Å². The Morgan fingerprint density at radius 3 is 2.45 bits per heavy atom. The number of amides is 1. The molecule has 0 radical (unpaired) electrons. The lowest BCUT2D eigenvalue weighted by Gasteiger charge is -2.01. The molecule has 4 nitrogen and oxygen atoms in total. The van der Waals surface area contributed by atoms with Gasteiger partial charge >= 0.3 is 0 Å². The minimum Gasteiger partial charge on any atom is -0.508 e. The number of carbonyl (C=O) groups excluding carboxylic acids is 1. The van der Waals surface area contributed by atoms with Gasteiger partial charge in [-0.1, -0.05) is 19.2 Å². The number of allylic oxidation sites excluding steroid dienone is 2. The highest BCUT2D eigenvalue weighted by molar-refractivity contribution is 5.96. The minimum atomic E-state index is -0.600. The number of hydrazine groups is 1. The lowest BCUT2D eigenvalue weighted by atomic mass is 10.2. The van der Waals surface area contributed by atoms with Crippen molar-refractivity contribution in [1.82, 2.24) is 5.43 Å². The first-order chi connectivity index (χ1) is 5.13. The zero-order chi connectivity index (χ0) is 8.85. The summed E-state index contributed by atoms with van der Waals surface area (Å²) >= 11 is 0. The number of hydrogen-bond donors (Lipinski definition) is 3. The summed E-state index contributed by atoms with van der Waals surface area (Å²) in [7, 11) is 0. The Labute approximate surface area is 64.7 Å². The topological polar surface area (TPSA) is 75.3 Å². The number of carbonyl (C=O) groups is 1. The van der Waals surface area contributed by atoms with Gasteiger partial charge in [0.15, 0.2) is 0 Å². The van der Waals surface area contributed by atoms with Crippen molar-refractivity contribution in [2.45, 2.75) is 0 Å². The summed E-state index contributed by atoms with van der Waals surface area (Å²) in [4.78, 5) is 10.8. The smallest absolute Gasteiger partial charge is 0.268 e. The second-order valence-electron chi connectivity index (χ2n) is 1.74. The van der Waals surface area contributed by atoms with E-state index in [1.807, 2.05) is 5.43 Å². The van der Waals surface area contributed by atoms with Gasteiger partial charge in [0.25, 0.3) is 5.91 Å². The molecule has 0 aromatic carbocycles. The Balaban J connectivity index is 4.61. The summed E-state index contributed by atoms with van der Waals surface area (Å²) in [6.45, 7) is 6.52. The first-order valence-corrected chi connectivity index (χ1v) is 2.85. The average molecular weight is 154 g/mol. The van der Waals surface area contributed by atoms with Crippen molar-refractivity contribution in [3.05, 3.63) is 36.6 Å². The molecule has 0 aromatic heterocycles. The van der Waals surface area contributed by atoms with Crippen LogP contribution >= 0.6 is 0 Å². The fourth-order valence-corrected chi connectivity index (χ4v) is 0.499. The Morgan fingerprint density at radius 1 is 1.64 bits per heavy atom. The van der Waals surface area contributed by atoms with Crippen LogP contribution in [0.25, 0.3) is 0 Å². The van der Waals surface area contributed by atoms with Gasteiger partial charge in [0.05, 0.1) is 5.57 Å². The molecule has 60 valence electrons. The van der Waals surface area contributed by atoms with Crippen molar-refractivity contribution in [2.24, 2.45) is 5.84 Å². The highest BCUT2D eigenvalue weighted by Crippen LogP contribution is 2.03. The molecular weight excluding hydrogens is 144 g/mol. The van der Waals surface area contributed by atoms with Crippen LogP contribution in [0.15, 0.2) is 36.6 Å². The third kappa shape index (κ3) is 2.68. The van der Waals surface area contributed by atoms with Crippen LogP contribution in [-0.4, -0.2) is 11.0 Å². The number of nitrogens with two attached hydrogens (primary N) is 1. The van der Waals surface area contributed by atoms with Gasteiger partial charge in [0, 0.05) is 0 Å². The molecule has 0 bridgehead atoms. The molecule has 0 heterocycles. The summed E-state index contributed by atoms with van der Waals surface area (Å²) < 4.78 is 0. The molecular formula is C7H10N2O2. The van der Waals surface area contributed by atoms with Gasteiger partial charge in [0.2, 0.25) is 0 Å². The Morgan fingerprint density at radius 2 is 2.18 bits per heavy atom. The third-order valence-electron chi connectivity index (χ3n) is 0.971. The summed E-state index contributed by atoms with van der Waals surface area (Å²) in [5, 5.41) is 8.82. The van der Waals surface area contributed by atoms with E-state index in [1.165, 1.54) is 12.2 Å². The molecule has 0 unspecified atom stereocenters. The number of hydrogen-bond acceptors (Lipinski definition) is 3. The Kier molecular flexibility index (Phi) is 3.69. The van der Waals surface area contributed by atoms with Crippen molar-refractivity contribution in [2.75, 3.05) is 0 Å². The Hall–Kier alpha value is -1.55. The van der Waals surface area contributed by atoms with E-state index in [9.17, 15) is 4.79 Å². The van der Waals surface area contributed by atoms with Crippen LogP contribution in [0, 0.1) is 0 Å². The van der Waals surface area contributed by atoms with E-state index in [4.69, 9.17) is 10.9 Å². The van der Waals surface area contributed by atoms with E-state index in [-0.39, 0.29) is 11.3 Å². The van der Waals surface area contributed by atoms with Crippen molar-refractivity contribution in [3.63, 3.8) is 0 Å². The van der Waals surface area contributed by atoms with E-state index in [1.54, 1.807) is 0 Å². The van der Waals surface area contributed by atoms with Gasteiger partial charge in [-0.25, -0.2) is 5.84 Å². The number of aliphatic hydroxyl groups is 1. The molecule has 4 heteroatoms. The van der Waals surface area contributed by atoms with Crippen LogP contribution in [0.2, 0.25) is 0 Å². The number of nitrogens with one attached hydrogen (secondary N) is 1. The molecule has 0 atom stereocenters. The van der Waals surface area contributed by atoms with E-state index in [2.05, 4.69) is 13.2 Å². The number of aliphatic hydroxyl groups excluding tert-OH is 1. The van der Waals surface area contributed by atoms with Gasteiger partial charge in [0.1, 0.15) is 5.76 Å². The molecule has 0 fully saturated rings. The van der Waals surface area contributed by atoms with Crippen LogP contribution in [0.3, 0.4) is 0 Å². The van der Waals surface area contributed by atoms with Crippen LogP contribution in [0.1, 0.15) is 0 Å². The first kappa shape index (κ1) is 9.45. The molecule has 0 spiro atoms. The minimum absolute atomic E-state index is 0.00231. The van der Waals surface area contributed by atoms with Gasteiger partial charge in [-0.3, -0.25) is 10.2 Å². The maximum absolute atomic E-state index is 10.8. The third-order valence-corrected chi connectivity index (χ3v) is 0.971. The predicted octanol–water partition coefficient (Wildman–Crippen LogP) is 0.160. The summed E-state index contributed by atoms with van der Waals surface area (Å²) in [5.41, 5.74) is 1.86. The second-order valence-corrected chi connectivity index (χ2v) is 1.74. The zero-order valence-electron chi connectivity index (χ0n) is 6.00. The molecule has 0 aliphatic heterocycles. The van der Waals surface area contributed by atoms with E-state index in [0.717, 1.165) is 0 Å². The van der Waals surface area contributed by atoms with Crippen molar-refractivity contribution in [1.29, 1.82) is 0 Å². The van der Waals surface area contributed by atoms with Crippen LogP contribution in [-0.2, 0) is 4.79 Å². The summed E-state index contributed by atoms with van der Waals surface area (Å²) in [6.07, 6.45) is 2.66. The fourth-order valence-electron chi connectivity index (χ4n) is 0.499. The molecule has 0 rings (SSSR count). The molecule has 0 saturated carbocycles. The van der Waals surface area contributed by atoms with E-state index < -0.39 is 5.91 Å². The maximum atomic E-state index is 10.8. The van der Waals surface area contributed by atoms with Crippen LogP contribution < -0.4 is 11.3 Å². The van der Waals surface area contributed by atoms with E-state index in [0.29, 0.717) is 0 Å².